The molecule has 0 saturated heterocycles. The molecule has 1 aliphatic rings. The molecular formula is C22H16N6O. The minimum Gasteiger partial charge on any atom is -0.356 e. The van der Waals surface area contributed by atoms with Gasteiger partial charge >= 0.3 is 0 Å². The highest BCUT2D eigenvalue weighted by atomic mass is 16.5. The maximum absolute atomic E-state index is 5.60. The van der Waals surface area contributed by atoms with Gasteiger partial charge in [0.25, 0.3) is 0 Å². The van der Waals surface area contributed by atoms with Crippen LogP contribution in [0.15, 0.2) is 64.2 Å². The molecule has 0 fully saturated rings. The molecule has 29 heavy (non-hydrogen) atoms. The minimum atomic E-state index is 0.680. The van der Waals surface area contributed by atoms with E-state index in [1.54, 1.807) is 6.20 Å². The number of H-pyrrole nitrogens is 1. The van der Waals surface area contributed by atoms with E-state index in [9.17, 15) is 0 Å². The lowest BCUT2D eigenvalue weighted by Crippen LogP contribution is -1.93. The fourth-order valence-electron chi connectivity index (χ4n) is 3.73. The van der Waals surface area contributed by atoms with Crippen molar-refractivity contribution in [3.05, 3.63) is 77.1 Å². The molecule has 0 aliphatic carbocycles. The largest absolute Gasteiger partial charge is 0.356 e. The third-order valence-corrected chi connectivity index (χ3v) is 5.20. The first-order valence-electron chi connectivity index (χ1n) is 9.39. The highest BCUT2D eigenvalue weighted by Crippen LogP contribution is 2.28. The molecule has 2 aromatic carbocycles. The van der Waals surface area contributed by atoms with E-state index in [1.165, 1.54) is 16.7 Å². The van der Waals surface area contributed by atoms with Gasteiger partial charge in [-0.3, -0.25) is 15.1 Å². The second-order valence-corrected chi connectivity index (χ2v) is 7.12. The molecule has 0 bridgehead atoms. The second-order valence-electron chi connectivity index (χ2n) is 7.12. The fourth-order valence-corrected chi connectivity index (χ4v) is 3.73. The van der Waals surface area contributed by atoms with Gasteiger partial charge in [0.05, 0.1) is 17.8 Å². The van der Waals surface area contributed by atoms with Gasteiger partial charge in [0.1, 0.15) is 5.52 Å². The molecule has 4 heterocycles. The number of rotatable bonds is 4. The molecule has 3 aromatic heterocycles. The number of fused-ring (bicyclic) bond motifs is 3. The standard InChI is InChI=1S/C22H16N6O/c1-2-18-21(24-7-1)22(27-26-18)25-16-5-6-17-19(28-29-20(17)10-16)9-13-3-4-14-11-23-12-15(14)8-13/h1-8,10,12H,9,11H2,(H2,25,26,27). The lowest BCUT2D eigenvalue weighted by atomic mass is 10.0. The quantitative estimate of drug-likeness (QED) is 0.483. The van der Waals surface area contributed by atoms with E-state index in [2.05, 4.69) is 48.8 Å². The Hall–Kier alpha value is -4.00. The number of pyridine rings is 1. The van der Waals surface area contributed by atoms with Crippen LogP contribution < -0.4 is 5.32 Å². The number of hydrogen-bond acceptors (Lipinski definition) is 6. The van der Waals surface area contributed by atoms with Crippen molar-refractivity contribution in [1.29, 1.82) is 0 Å². The fraction of sp³-hybridized carbons (Fsp3) is 0.0909. The van der Waals surface area contributed by atoms with E-state index in [-0.39, 0.29) is 0 Å². The van der Waals surface area contributed by atoms with Crippen LogP contribution in [0.5, 0.6) is 0 Å². The molecule has 5 aromatic rings. The molecule has 1 aliphatic heterocycles. The molecule has 0 atom stereocenters. The number of hydrogen-bond donors (Lipinski definition) is 2. The van der Waals surface area contributed by atoms with Crippen molar-refractivity contribution in [2.75, 3.05) is 5.32 Å². The Balaban J connectivity index is 1.29. The maximum Gasteiger partial charge on any atom is 0.178 e. The molecule has 0 unspecified atom stereocenters. The molecule has 0 amide bonds. The number of aromatic amines is 1. The van der Waals surface area contributed by atoms with Crippen molar-refractivity contribution in [2.45, 2.75) is 13.0 Å². The smallest absolute Gasteiger partial charge is 0.178 e. The van der Waals surface area contributed by atoms with Gasteiger partial charge in [0.15, 0.2) is 11.4 Å². The number of aliphatic imine (C=N–C) groups is 1. The van der Waals surface area contributed by atoms with Crippen LogP contribution in [0.3, 0.4) is 0 Å². The third kappa shape index (κ3) is 2.75. The molecule has 7 nitrogen and oxygen atoms in total. The van der Waals surface area contributed by atoms with Crippen LogP contribution in [0.25, 0.3) is 22.0 Å². The number of benzene rings is 2. The molecule has 0 radical (unpaired) electrons. The molecule has 0 spiro atoms. The molecule has 6 rings (SSSR count). The first-order valence-corrected chi connectivity index (χ1v) is 9.39. The van der Waals surface area contributed by atoms with Crippen molar-refractivity contribution in [1.82, 2.24) is 20.3 Å². The van der Waals surface area contributed by atoms with Crippen molar-refractivity contribution in [3.63, 3.8) is 0 Å². The molecule has 7 heteroatoms. The predicted octanol–water partition coefficient (Wildman–Crippen LogP) is 4.37. The zero-order chi connectivity index (χ0) is 19.2. The van der Waals surface area contributed by atoms with Gasteiger partial charge in [-0.25, -0.2) is 0 Å². The van der Waals surface area contributed by atoms with Gasteiger partial charge < -0.3 is 9.84 Å². The lowest BCUT2D eigenvalue weighted by molar-refractivity contribution is 0.448. The molecule has 2 N–H and O–H groups in total. The van der Waals surface area contributed by atoms with Crippen molar-refractivity contribution in [2.24, 2.45) is 4.99 Å². The molecular weight excluding hydrogens is 364 g/mol. The van der Waals surface area contributed by atoms with Crippen molar-refractivity contribution < 1.29 is 4.52 Å². The van der Waals surface area contributed by atoms with Gasteiger partial charge in [0, 0.05) is 36.0 Å². The predicted molar refractivity (Wildman–Crippen MR) is 112 cm³/mol. The zero-order valence-electron chi connectivity index (χ0n) is 15.4. The van der Waals surface area contributed by atoms with Gasteiger partial charge in [-0.1, -0.05) is 17.3 Å². The van der Waals surface area contributed by atoms with Crippen LogP contribution >= 0.6 is 0 Å². The third-order valence-electron chi connectivity index (χ3n) is 5.20. The average molecular weight is 380 g/mol. The number of anilines is 2. The van der Waals surface area contributed by atoms with E-state index in [0.717, 1.165) is 46.3 Å². The summed E-state index contributed by atoms with van der Waals surface area (Å²) in [6.45, 7) is 0.777. The lowest BCUT2D eigenvalue weighted by Gasteiger charge is -2.04. The van der Waals surface area contributed by atoms with Gasteiger partial charge in [0.2, 0.25) is 0 Å². The van der Waals surface area contributed by atoms with Crippen LogP contribution in [-0.2, 0) is 13.0 Å². The summed E-state index contributed by atoms with van der Waals surface area (Å²) in [6, 6.07) is 16.2. The highest BCUT2D eigenvalue weighted by Gasteiger charge is 2.13. The Morgan fingerprint density at radius 2 is 2.10 bits per heavy atom. The van der Waals surface area contributed by atoms with Crippen LogP contribution in [0, 0.1) is 0 Å². The van der Waals surface area contributed by atoms with Gasteiger partial charge in [-0.15, -0.1) is 0 Å². The molecule has 0 saturated carbocycles. The topological polar surface area (TPSA) is 92.0 Å². The Morgan fingerprint density at radius 3 is 3.10 bits per heavy atom. The second kappa shape index (κ2) is 6.27. The summed E-state index contributed by atoms with van der Waals surface area (Å²) < 4.78 is 5.60. The summed E-state index contributed by atoms with van der Waals surface area (Å²) in [5.74, 6) is 0.680. The summed E-state index contributed by atoms with van der Waals surface area (Å²) in [5, 5.41) is 15.9. The van der Waals surface area contributed by atoms with Crippen molar-refractivity contribution in [3.8, 4) is 0 Å². The number of nitrogens with zero attached hydrogens (tertiary/aromatic N) is 4. The summed E-state index contributed by atoms with van der Waals surface area (Å²) in [7, 11) is 0. The first kappa shape index (κ1) is 16.0. The maximum atomic E-state index is 5.60. The SMILES string of the molecule is C1=NCc2ccc(Cc3noc4cc(Nc5n[nH]c6cccnc56)ccc34)cc21. The Kier molecular flexibility index (Phi) is 3.46. The Bertz CT molecular complexity index is 1400. The zero-order valence-corrected chi connectivity index (χ0v) is 15.4. The van der Waals surface area contributed by atoms with Crippen LogP contribution in [-0.4, -0.2) is 26.6 Å². The summed E-state index contributed by atoms with van der Waals surface area (Å²) >= 11 is 0. The highest BCUT2D eigenvalue weighted by molar-refractivity contribution is 5.90. The van der Waals surface area contributed by atoms with Gasteiger partial charge in [-0.05, 0) is 47.0 Å². The molecule has 140 valence electrons. The minimum absolute atomic E-state index is 0.680. The summed E-state index contributed by atoms with van der Waals surface area (Å²) in [6.07, 6.45) is 4.40. The Labute approximate surface area is 165 Å². The number of aromatic nitrogens is 4. The normalized spacial score (nSPS) is 12.7. The number of nitrogens with one attached hydrogen (secondary N) is 2. The van der Waals surface area contributed by atoms with E-state index >= 15 is 0 Å². The average Bonchev–Trinajstić information content (AvgIpc) is 3.47. The van der Waals surface area contributed by atoms with E-state index in [0.29, 0.717) is 5.82 Å². The monoisotopic (exact) mass is 380 g/mol. The van der Waals surface area contributed by atoms with Gasteiger partial charge in [-0.2, -0.15) is 5.10 Å². The van der Waals surface area contributed by atoms with E-state index in [4.69, 9.17) is 4.52 Å². The van der Waals surface area contributed by atoms with Crippen molar-refractivity contribution >= 4 is 39.7 Å². The summed E-state index contributed by atoms with van der Waals surface area (Å²) in [4.78, 5) is 8.69. The van der Waals surface area contributed by atoms with E-state index < -0.39 is 0 Å². The van der Waals surface area contributed by atoms with E-state index in [1.807, 2.05) is 36.5 Å². The Morgan fingerprint density at radius 1 is 1.10 bits per heavy atom. The van der Waals surface area contributed by atoms with Crippen LogP contribution in [0.2, 0.25) is 0 Å². The summed E-state index contributed by atoms with van der Waals surface area (Å²) in [5.41, 5.74) is 7.88. The first-order chi connectivity index (χ1) is 14.3. The van der Waals surface area contributed by atoms with Crippen LogP contribution in [0.4, 0.5) is 11.5 Å². The van der Waals surface area contributed by atoms with Crippen LogP contribution in [0.1, 0.15) is 22.4 Å².